The Kier molecular flexibility index (Phi) is 8.74. The van der Waals surface area contributed by atoms with Crippen molar-refractivity contribution in [1.29, 1.82) is 0 Å². The van der Waals surface area contributed by atoms with E-state index in [9.17, 15) is 19.2 Å². The van der Waals surface area contributed by atoms with Gasteiger partial charge in [0.2, 0.25) is 0 Å². The summed E-state index contributed by atoms with van der Waals surface area (Å²) in [5.74, 6) is -4.44. The van der Waals surface area contributed by atoms with E-state index in [2.05, 4.69) is 9.97 Å². The third-order valence-electron chi connectivity index (χ3n) is 4.30. The van der Waals surface area contributed by atoms with Gasteiger partial charge in [-0.15, -0.1) is 0 Å². The lowest BCUT2D eigenvalue weighted by molar-refractivity contribution is -0.227. The molecule has 2 amide bonds. The standard InChI is InChI=1S/C20H24N6O6/c1-13(27)25(17(9-21)15-5-3-7-23-11-15)31-19(29)20(30)32-26(14(2)28)18(10-22)16-6-4-8-24-12-16/h3-8,11-12,17-18H,9-10,21-22H2,1-2H3. The van der Waals surface area contributed by atoms with Gasteiger partial charge in [-0.1, -0.05) is 12.1 Å². The normalized spacial score (nSPS) is 12.2. The predicted octanol–water partition coefficient (Wildman–Crippen LogP) is -0.210. The van der Waals surface area contributed by atoms with E-state index in [1.165, 1.54) is 24.8 Å². The SMILES string of the molecule is CC(=O)N(OC(=O)C(=O)ON(C(C)=O)C(CN)c1cccnc1)C(CN)c1cccnc1. The molecule has 0 saturated carbocycles. The van der Waals surface area contributed by atoms with Crippen molar-refractivity contribution in [2.45, 2.75) is 25.9 Å². The topological polar surface area (TPSA) is 171 Å². The van der Waals surface area contributed by atoms with E-state index in [0.29, 0.717) is 21.3 Å². The minimum atomic E-state index is -1.53. The van der Waals surface area contributed by atoms with Crippen molar-refractivity contribution in [3.63, 3.8) is 0 Å². The first-order chi connectivity index (χ1) is 15.3. The molecule has 0 fully saturated rings. The van der Waals surface area contributed by atoms with Crippen molar-refractivity contribution in [2.75, 3.05) is 13.1 Å². The van der Waals surface area contributed by atoms with Crippen LogP contribution in [-0.2, 0) is 28.9 Å². The molecule has 0 saturated heterocycles. The van der Waals surface area contributed by atoms with Crippen LogP contribution in [0.1, 0.15) is 37.1 Å². The Hall–Kier alpha value is -3.90. The maximum absolute atomic E-state index is 12.4. The minimum absolute atomic E-state index is 0.122. The van der Waals surface area contributed by atoms with Crippen molar-refractivity contribution in [3.05, 3.63) is 60.2 Å². The zero-order valence-corrected chi connectivity index (χ0v) is 17.6. The van der Waals surface area contributed by atoms with E-state index in [0.717, 1.165) is 13.8 Å². The number of nitrogens with zero attached hydrogens (tertiary/aromatic N) is 4. The molecule has 0 aliphatic heterocycles. The molecule has 2 rings (SSSR count). The molecular weight excluding hydrogens is 420 g/mol. The van der Waals surface area contributed by atoms with Crippen LogP contribution in [0.2, 0.25) is 0 Å². The van der Waals surface area contributed by atoms with Crippen LogP contribution in [0.15, 0.2) is 49.1 Å². The van der Waals surface area contributed by atoms with Gasteiger partial charge in [-0.25, -0.2) is 9.59 Å². The van der Waals surface area contributed by atoms with E-state index < -0.39 is 35.8 Å². The summed E-state index contributed by atoms with van der Waals surface area (Å²) < 4.78 is 0. The van der Waals surface area contributed by atoms with Crippen molar-refractivity contribution in [3.8, 4) is 0 Å². The van der Waals surface area contributed by atoms with Gasteiger partial charge in [0.1, 0.15) is 12.1 Å². The van der Waals surface area contributed by atoms with Gasteiger partial charge in [0, 0.05) is 51.7 Å². The summed E-state index contributed by atoms with van der Waals surface area (Å²) in [7, 11) is 0. The number of nitrogens with two attached hydrogens (primary N) is 2. The molecule has 12 heteroatoms. The van der Waals surface area contributed by atoms with E-state index in [-0.39, 0.29) is 13.1 Å². The smallest absolute Gasteiger partial charge is 0.328 e. The summed E-state index contributed by atoms with van der Waals surface area (Å²) >= 11 is 0. The van der Waals surface area contributed by atoms with Crippen LogP contribution in [0.25, 0.3) is 0 Å². The summed E-state index contributed by atoms with van der Waals surface area (Å²) in [6.45, 7) is 2.02. The van der Waals surface area contributed by atoms with Crippen molar-refractivity contribution in [1.82, 2.24) is 20.1 Å². The Bertz CT molecular complexity index is 865. The van der Waals surface area contributed by atoms with Gasteiger partial charge in [0.25, 0.3) is 11.8 Å². The molecule has 0 aliphatic rings. The highest BCUT2D eigenvalue weighted by Gasteiger charge is 2.33. The molecule has 2 unspecified atom stereocenters. The highest BCUT2D eigenvalue weighted by Crippen LogP contribution is 2.21. The van der Waals surface area contributed by atoms with Crippen molar-refractivity contribution < 1.29 is 28.9 Å². The highest BCUT2D eigenvalue weighted by molar-refractivity contribution is 6.29. The van der Waals surface area contributed by atoms with Gasteiger partial charge in [-0.05, 0) is 23.3 Å². The lowest BCUT2D eigenvalue weighted by atomic mass is 10.1. The fraction of sp³-hybridized carbons (Fsp3) is 0.300. The average Bonchev–Trinajstić information content (AvgIpc) is 2.79. The lowest BCUT2D eigenvalue weighted by Crippen LogP contribution is -2.44. The molecule has 12 nitrogen and oxygen atoms in total. The maximum Gasteiger partial charge on any atom is 0.444 e. The van der Waals surface area contributed by atoms with Gasteiger partial charge in [0.05, 0.1) is 0 Å². The second-order valence-corrected chi connectivity index (χ2v) is 6.52. The monoisotopic (exact) mass is 444 g/mol. The highest BCUT2D eigenvalue weighted by atomic mass is 16.8. The van der Waals surface area contributed by atoms with E-state index in [1.54, 1.807) is 24.3 Å². The molecule has 170 valence electrons. The van der Waals surface area contributed by atoms with Crippen LogP contribution in [0, 0.1) is 0 Å². The van der Waals surface area contributed by atoms with Crippen LogP contribution >= 0.6 is 0 Å². The van der Waals surface area contributed by atoms with Gasteiger partial charge < -0.3 is 21.1 Å². The Morgan fingerprint density at radius 2 is 1.19 bits per heavy atom. The number of carbonyl (C=O) groups is 4. The molecule has 0 radical (unpaired) electrons. The fourth-order valence-electron chi connectivity index (χ4n) is 2.83. The number of rotatable bonds is 6. The van der Waals surface area contributed by atoms with Gasteiger partial charge in [-0.3, -0.25) is 19.6 Å². The second-order valence-electron chi connectivity index (χ2n) is 6.52. The fourth-order valence-corrected chi connectivity index (χ4v) is 2.83. The zero-order valence-electron chi connectivity index (χ0n) is 17.6. The predicted molar refractivity (Wildman–Crippen MR) is 109 cm³/mol. The van der Waals surface area contributed by atoms with Gasteiger partial charge in [0.15, 0.2) is 0 Å². The average molecular weight is 444 g/mol. The molecule has 2 aromatic rings. The molecule has 32 heavy (non-hydrogen) atoms. The number of hydroxylamine groups is 4. The number of aromatic nitrogens is 2. The minimum Gasteiger partial charge on any atom is -0.328 e. The molecule has 0 bridgehead atoms. The first-order valence-electron chi connectivity index (χ1n) is 9.53. The second kappa shape index (κ2) is 11.5. The maximum atomic E-state index is 12.4. The Balaban J connectivity index is 2.18. The quantitative estimate of drug-likeness (QED) is 0.448. The van der Waals surface area contributed by atoms with Crippen LogP contribution < -0.4 is 11.5 Å². The molecule has 2 atom stereocenters. The molecular formula is C20H24N6O6. The third kappa shape index (κ3) is 6.06. The van der Waals surface area contributed by atoms with Crippen molar-refractivity contribution >= 4 is 23.8 Å². The number of amides is 2. The summed E-state index contributed by atoms with van der Waals surface area (Å²) in [4.78, 5) is 66.7. The first kappa shape index (κ1) is 24.4. The summed E-state index contributed by atoms with van der Waals surface area (Å²) in [5, 5.41) is 1.31. The van der Waals surface area contributed by atoms with Crippen LogP contribution in [-0.4, -0.2) is 56.9 Å². The molecule has 2 aromatic heterocycles. The molecule has 0 spiro atoms. The van der Waals surface area contributed by atoms with Gasteiger partial charge >= 0.3 is 11.9 Å². The number of hydrogen-bond acceptors (Lipinski definition) is 10. The molecule has 0 aliphatic carbocycles. The largest absolute Gasteiger partial charge is 0.444 e. The molecule has 4 N–H and O–H groups in total. The first-order valence-corrected chi connectivity index (χ1v) is 9.53. The zero-order chi connectivity index (χ0) is 23.7. The Labute approximate surface area is 184 Å². The molecule has 0 aromatic carbocycles. The number of hydrogen-bond donors (Lipinski definition) is 2. The summed E-state index contributed by atoms with van der Waals surface area (Å²) in [6, 6.07) is 4.70. The molecule has 2 heterocycles. The van der Waals surface area contributed by atoms with Crippen LogP contribution in [0.3, 0.4) is 0 Å². The van der Waals surface area contributed by atoms with E-state index >= 15 is 0 Å². The lowest BCUT2D eigenvalue weighted by Gasteiger charge is -2.29. The Morgan fingerprint density at radius 1 is 0.812 bits per heavy atom. The number of pyridine rings is 2. The van der Waals surface area contributed by atoms with Crippen LogP contribution in [0.5, 0.6) is 0 Å². The van der Waals surface area contributed by atoms with E-state index in [4.69, 9.17) is 21.1 Å². The summed E-state index contributed by atoms with van der Waals surface area (Å²) in [6.07, 6.45) is 5.92. The van der Waals surface area contributed by atoms with E-state index in [1.807, 2.05) is 0 Å². The van der Waals surface area contributed by atoms with Gasteiger partial charge in [-0.2, -0.15) is 10.1 Å². The summed E-state index contributed by atoms with van der Waals surface area (Å²) in [5.41, 5.74) is 12.4. The van der Waals surface area contributed by atoms with Crippen LogP contribution in [0.4, 0.5) is 0 Å². The third-order valence-corrected chi connectivity index (χ3v) is 4.30. The van der Waals surface area contributed by atoms with Crippen molar-refractivity contribution in [2.24, 2.45) is 11.5 Å². The Morgan fingerprint density at radius 3 is 1.44 bits per heavy atom. The number of carbonyl (C=O) groups excluding carboxylic acids is 4.